The fraction of sp³-hybridized carbons (Fsp3) is 0.824. The monoisotopic (exact) mass is 388 g/mol. The molecule has 0 aromatic carbocycles. The van der Waals surface area contributed by atoms with Gasteiger partial charge in [-0.2, -0.15) is 0 Å². The summed E-state index contributed by atoms with van der Waals surface area (Å²) in [6, 6.07) is 0.105. The van der Waals surface area contributed by atoms with Gasteiger partial charge in [0.15, 0.2) is 0 Å². The van der Waals surface area contributed by atoms with E-state index >= 15 is 0 Å². The Labute approximate surface area is 159 Å². The summed E-state index contributed by atoms with van der Waals surface area (Å²) in [4.78, 5) is 41.0. The van der Waals surface area contributed by atoms with E-state index in [-0.39, 0.29) is 25.7 Å². The highest BCUT2D eigenvalue weighted by molar-refractivity contribution is 5.69. The lowest BCUT2D eigenvalue weighted by Crippen LogP contribution is -2.51. The van der Waals surface area contributed by atoms with Gasteiger partial charge in [-0.05, 0) is 13.5 Å². The van der Waals surface area contributed by atoms with Crippen molar-refractivity contribution in [3.8, 4) is 0 Å². The predicted molar refractivity (Wildman–Crippen MR) is 98.9 cm³/mol. The standard InChI is InChI=1S/C17H32N4O6/c1-3-21-9-8-19(12-16(24)25)5-4-18(11-15(22)23)6-7-20(10-14(21)2)13-17(26)27/h14H,3-13H2,1-2H3,(H,22,23)(H,24,25)(H,26,27). The summed E-state index contributed by atoms with van der Waals surface area (Å²) < 4.78 is 0. The van der Waals surface area contributed by atoms with Crippen molar-refractivity contribution >= 4 is 17.9 Å². The smallest absolute Gasteiger partial charge is 0.317 e. The minimum atomic E-state index is -0.956. The number of rotatable bonds is 7. The quantitative estimate of drug-likeness (QED) is 0.493. The SMILES string of the molecule is CCN1CCN(CC(=O)O)CCN(CC(=O)O)CCN(CC(=O)O)CC1C. The lowest BCUT2D eigenvalue weighted by molar-refractivity contribution is -0.140. The molecule has 0 aromatic rings. The van der Waals surface area contributed by atoms with Crippen LogP contribution < -0.4 is 0 Å². The molecule has 0 aliphatic carbocycles. The normalized spacial score (nSPS) is 22.7. The molecule has 0 bridgehead atoms. The molecule has 10 nitrogen and oxygen atoms in total. The third kappa shape index (κ3) is 9.66. The van der Waals surface area contributed by atoms with Gasteiger partial charge in [-0.3, -0.25) is 34.0 Å². The Morgan fingerprint density at radius 3 is 1.52 bits per heavy atom. The maximum Gasteiger partial charge on any atom is 0.317 e. The summed E-state index contributed by atoms with van der Waals surface area (Å²) in [5.41, 5.74) is 0. The summed E-state index contributed by atoms with van der Waals surface area (Å²) in [6.07, 6.45) is 0. The molecule has 1 rings (SSSR count). The molecule has 1 fully saturated rings. The number of carboxylic acids is 3. The van der Waals surface area contributed by atoms with Gasteiger partial charge < -0.3 is 15.3 Å². The molecule has 27 heavy (non-hydrogen) atoms. The Bertz CT molecular complexity index is 504. The van der Waals surface area contributed by atoms with Crippen molar-refractivity contribution in [1.82, 2.24) is 19.6 Å². The zero-order valence-electron chi connectivity index (χ0n) is 16.2. The van der Waals surface area contributed by atoms with E-state index in [0.717, 1.165) is 6.54 Å². The van der Waals surface area contributed by atoms with E-state index in [1.807, 2.05) is 23.6 Å². The van der Waals surface area contributed by atoms with Crippen LogP contribution in [-0.2, 0) is 14.4 Å². The molecule has 0 spiro atoms. The molecular formula is C17H32N4O6. The molecule has 0 aromatic heterocycles. The Hall–Kier alpha value is -1.75. The minimum Gasteiger partial charge on any atom is -0.480 e. The van der Waals surface area contributed by atoms with Gasteiger partial charge in [-0.1, -0.05) is 6.92 Å². The first-order chi connectivity index (χ1) is 12.7. The van der Waals surface area contributed by atoms with Gasteiger partial charge in [0.05, 0.1) is 19.6 Å². The van der Waals surface area contributed by atoms with Crippen LogP contribution in [0.4, 0.5) is 0 Å². The van der Waals surface area contributed by atoms with Gasteiger partial charge in [-0.25, -0.2) is 0 Å². The van der Waals surface area contributed by atoms with Gasteiger partial charge in [0, 0.05) is 51.9 Å². The minimum absolute atomic E-state index is 0.0853. The largest absolute Gasteiger partial charge is 0.480 e. The first kappa shape index (κ1) is 23.3. The van der Waals surface area contributed by atoms with Crippen LogP contribution in [-0.4, -0.2) is 131 Å². The molecule has 1 heterocycles. The average molecular weight is 388 g/mol. The summed E-state index contributed by atoms with van der Waals surface area (Å²) in [5, 5.41) is 27.4. The van der Waals surface area contributed by atoms with Crippen LogP contribution in [0, 0.1) is 0 Å². The van der Waals surface area contributed by atoms with E-state index in [0.29, 0.717) is 45.8 Å². The van der Waals surface area contributed by atoms with E-state index in [9.17, 15) is 14.4 Å². The topological polar surface area (TPSA) is 125 Å². The second kappa shape index (κ2) is 11.9. The molecule has 1 saturated heterocycles. The van der Waals surface area contributed by atoms with Crippen molar-refractivity contribution in [3.05, 3.63) is 0 Å². The third-order valence-electron chi connectivity index (χ3n) is 4.80. The summed E-state index contributed by atoms with van der Waals surface area (Å²) in [5.74, 6) is -2.77. The van der Waals surface area contributed by atoms with E-state index in [2.05, 4.69) is 4.90 Å². The first-order valence-corrected chi connectivity index (χ1v) is 9.27. The van der Waals surface area contributed by atoms with E-state index in [1.54, 1.807) is 4.90 Å². The van der Waals surface area contributed by atoms with Gasteiger partial charge in [-0.15, -0.1) is 0 Å². The van der Waals surface area contributed by atoms with E-state index in [1.165, 1.54) is 0 Å². The Kier molecular flexibility index (Phi) is 10.2. The van der Waals surface area contributed by atoms with Crippen LogP contribution in [0.15, 0.2) is 0 Å². The van der Waals surface area contributed by atoms with Crippen LogP contribution in [0.3, 0.4) is 0 Å². The Morgan fingerprint density at radius 2 is 1.11 bits per heavy atom. The average Bonchev–Trinajstić information content (AvgIpc) is 2.54. The Balaban J connectivity index is 2.92. The van der Waals surface area contributed by atoms with Crippen LogP contribution in [0.25, 0.3) is 0 Å². The highest BCUT2D eigenvalue weighted by atomic mass is 16.4. The molecule has 0 radical (unpaired) electrons. The van der Waals surface area contributed by atoms with Crippen LogP contribution in [0.2, 0.25) is 0 Å². The molecule has 10 heteroatoms. The zero-order valence-corrected chi connectivity index (χ0v) is 16.2. The van der Waals surface area contributed by atoms with E-state index < -0.39 is 17.9 Å². The van der Waals surface area contributed by atoms with Crippen molar-refractivity contribution in [2.75, 3.05) is 72.0 Å². The van der Waals surface area contributed by atoms with E-state index in [4.69, 9.17) is 15.3 Å². The molecule has 1 aliphatic heterocycles. The molecule has 0 amide bonds. The predicted octanol–water partition coefficient (Wildman–Crippen LogP) is -1.13. The van der Waals surface area contributed by atoms with Crippen molar-refractivity contribution < 1.29 is 29.7 Å². The van der Waals surface area contributed by atoms with Crippen LogP contribution >= 0.6 is 0 Å². The number of hydrogen-bond donors (Lipinski definition) is 3. The van der Waals surface area contributed by atoms with Gasteiger partial charge in [0.25, 0.3) is 0 Å². The van der Waals surface area contributed by atoms with Crippen LogP contribution in [0.1, 0.15) is 13.8 Å². The molecule has 1 aliphatic rings. The fourth-order valence-corrected chi connectivity index (χ4v) is 3.36. The second-order valence-corrected chi connectivity index (χ2v) is 6.95. The van der Waals surface area contributed by atoms with Crippen molar-refractivity contribution in [1.29, 1.82) is 0 Å². The van der Waals surface area contributed by atoms with Gasteiger partial charge in [0.1, 0.15) is 0 Å². The lowest BCUT2D eigenvalue weighted by atomic mass is 10.2. The fourth-order valence-electron chi connectivity index (χ4n) is 3.36. The van der Waals surface area contributed by atoms with Gasteiger partial charge >= 0.3 is 17.9 Å². The van der Waals surface area contributed by atoms with Crippen LogP contribution in [0.5, 0.6) is 0 Å². The highest BCUT2D eigenvalue weighted by Crippen LogP contribution is 2.06. The maximum atomic E-state index is 11.2. The highest BCUT2D eigenvalue weighted by Gasteiger charge is 2.22. The molecular weight excluding hydrogens is 356 g/mol. The first-order valence-electron chi connectivity index (χ1n) is 9.27. The number of likely N-dealkylation sites (N-methyl/N-ethyl adjacent to an activating group) is 1. The summed E-state index contributed by atoms with van der Waals surface area (Å²) in [6.45, 7) is 8.03. The number of nitrogens with zero attached hydrogens (tertiary/aromatic N) is 4. The lowest BCUT2D eigenvalue weighted by Gasteiger charge is -2.36. The maximum absolute atomic E-state index is 11.2. The molecule has 3 N–H and O–H groups in total. The number of carbonyl (C=O) groups is 3. The number of hydrogen-bond acceptors (Lipinski definition) is 7. The summed E-state index contributed by atoms with van der Waals surface area (Å²) >= 11 is 0. The van der Waals surface area contributed by atoms with Gasteiger partial charge in [0.2, 0.25) is 0 Å². The zero-order chi connectivity index (χ0) is 20.4. The molecule has 1 atom stereocenters. The second-order valence-electron chi connectivity index (χ2n) is 6.95. The Morgan fingerprint density at radius 1 is 0.741 bits per heavy atom. The molecule has 1 unspecified atom stereocenters. The van der Waals surface area contributed by atoms with Crippen molar-refractivity contribution in [2.24, 2.45) is 0 Å². The number of aliphatic carboxylic acids is 3. The van der Waals surface area contributed by atoms with Crippen molar-refractivity contribution in [2.45, 2.75) is 19.9 Å². The molecule has 0 saturated carbocycles. The molecule has 156 valence electrons. The third-order valence-corrected chi connectivity index (χ3v) is 4.80. The van der Waals surface area contributed by atoms with Crippen molar-refractivity contribution in [3.63, 3.8) is 0 Å². The number of carboxylic acid groups (broad SMARTS) is 3. The summed E-state index contributed by atoms with van der Waals surface area (Å²) in [7, 11) is 0.